The Balaban J connectivity index is 1.66. The van der Waals surface area contributed by atoms with Crippen LogP contribution in [0, 0.1) is 6.92 Å². The lowest BCUT2D eigenvalue weighted by Gasteiger charge is -2.29. The van der Waals surface area contributed by atoms with Crippen LogP contribution < -0.4 is 4.74 Å². The van der Waals surface area contributed by atoms with Crippen molar-refractivity contribution in [3.8, 4) is 5.75 Å². The van der Waals surface area contributed by atoms with Crippen molar-refractivity contribution in [1.82, 2.24) is 9.80 Å². The number of methoxy groups -OCH3 is 1. The van der Waals surface area contributed by atoms with Gasteiger partial charge in [-0.15, -0.1) is 0 Å². The molecule has 33 heavy (non-hydrogen) atoms. The van der Waals surface area contributed by atoms with E-state index in [1.807, 2.05) is 31.2 Å². The summed E-state index contributed by atoms with van der Waals surface area (Å²) in [4.78, 5) is 30.1. The molecule has 0 aliphatic carbocycles. The number of nitrogens with zero attached hydrogens (tertiary/aromatic N) is 2. The predicted molar refractivity (Wildman–Crippen MR) is 125 cm³/mol. The summed E-state index contributed by atoms with van der Waals surface area (Å²) in [5.74, 6) is -0.696. The van der Waals surface area contributed by atoms with E-state index in [0.29, 0.717) is 31.1 Å². The lowest BCUT2D eigenvalue weighted by atomic mass is 9.95. The van der Waals surface area contributed by atoms with Gasteiger partial charge in [0, 0.05) is 31.7 Å². The molecule has 0 aromatic heterocycles. The number of aliphatic hydroxyl groups excluding tert-OH is 1. The van der Waals surface area contributed by atoms with Gasteiger partial charge in [0.25, 0.3) is 11.7 Å². The number of ketones is 1. The maximum atomic E-state index is 13.1. The average Bonchev–Trinajstić information content (AvgIpc) is 3.10. The maximum absolute atomic E-state index is 13.1. The van der Waals surface area contributed by atoms with Crippen LogP contribution in [-0.2, 0) is 14.3 Å². The summed E-state index contributed by atoms with van der Waals surface area (Å²) >= 11 is 0. The molecule has 2 aromatic rings. The first-order valence-electron chi connectivity index (χ1n) is 11.3. The molecule has 0 unspecified atom stereocenters. The highest BCUT2D eigenvalue weighted by Gasteiger charge is 2.45. The lowest BCUT2D eigenvalue weighted by molar-refractivity contribution is -0.140. The third kappa shape index (κ3) is 4.94. The number of aliphatic hydroxyl groups is 1. The van der Waals surface area contributed by atoms with E-state index in [4.69, 9.17) is 9.47 Å². The highest BCUT2D eigenvalue weighted by molar-refractivity contribution is 6.46. The molecule has 1 atom stereocenters. The maximum Gasteiger partial charge on any atom is 0.295 e. The number of hydrogen-bond donors (Lipinski definition) is 1. The summed E-state index contributed by atoms with van der Waals surface area (Å²) in [5, 5.41) is 11.1. The van der Waals surface area contributed by atoms with Gasteiger partial charge in [-0.3, -0.25) is 14.5 Å². The number of benzene rings is 2. The number of carbonyl (C=O) groups excluding carboxylic acids is 2. The molecule has 7 heteroatoms. The van der Waals surface area contributed by atoms with Gasteiger partial charge in [0.05, 0.1) is 31.9 Å². The molecule has 0 spiro atoms. The Labute approximate surface area is 194 Å². The highest BCUT2D eigenvalue weighted by Crippen LogP contribution is 2.39. The van der Waals surface area contributed by atoms with Crippen LogP contribution in [0.1, 0.15) is 29.2 Å². The second-order valence-corrected chi connectivity index (χ2v) is 8.44. The van der Waals surface area contributed by atoms with Crippen LogP contribution in [0.3, 0.4) is 0 Å². The number of hydrogen-bond acceptors (Lipinski definition) is 6. The van der Waals surface area contributed by atoms with E-state index in [1.54, 1.807) is 36.3 Å². The Morgan fingerprint density at radius 3 is 2.33 bits per heavy atom. The standard InChI is InChI=1S/C26H30N2O5/c1-18-4-6-20(7-5-18)24(29)22-23(19-8-10-21(32-2)11-9-19)28(26(31)25(22)30)13-3-12-27-14-16-33-17-15-27/h4-11,23,29H,3,12-17H2,1-2H3/t23-/m1/s1. The number of Topliss-reactive ketones (excluding diaryl/α,β-unsaturated/α-hetero) is 1. The van der Waals surface area contributed by atoms with Crippen molar-refractivity contribution in [3.05, 3.63) is 70.8 Å². The van der Waals surface area contributed by atoms with Crippen molar-refractivity contribution >= 4 is 17.4 Å². The Hall–Kier alpha value is -3.16. The van der Waals surface area contributed by atoms with Gasteiger partial charge in [-0.05, 0) is 31.0 Å². The lowest BCUT2D eigenvalue weighted by Crippen LogP contribution is -2.38. The third-order valence-electron chi connectivity index (χ3n) is 6.27. The van der Waals surface area contributed by atoms with Crippen molar-refractivity contribution in [1.29, 1.82) is 0 Å². The summed E-state index contributed by atoms with van der Waals surface area (Å²) in [5.41, 5.74) is 2.45. The number of likely N-dealkylation sites (tertiary alicyclic amines) is 1. The van der Waals surface area contributed by atoms with Gasteiger partial charge in [-0.2, -0.15) is 0 Å². The number of rotatable bonds is 7. The van der Waals surface area contributed by atoms with Crippen molar-refractivity contribution in [2.45, 2.75) is 19.4 Å². The van der Waals surface area contributed by atoms with Crippen molar-refractivity contribution in [3.63, 3.8) is 0 Å². The molecule has 2 heterocycles. The smallest absolute Gasteiger partial charge is 0.295 e. The van der Waals surface area contributed by atoms with Gasteiger partial charge in [-0.25, -0.2) is 0 Å². The second kappa shape index (κ2) is 10.2. The number of carbonyl (C=O) groups is 2. The molecule has 0 radical (unpaired) electrons. The normalized spacial score (nSPS) is 20.9. The van der Waals surface area contributed by atoms with Crippen LogP contribution >= 0.6 is 0 Å². The molecular weight excluding hydrogens is 420 g/mol. The number of ether oxygens (including phenoxy) is 2. The summed E-state index contributed by atoms with van der Waals surface area (Å²) in [6, 6.07) is 13.9. The molecule has 2 fully saturated rings. The monoisotopic (exact) mass is 450 g/mol. The van der Waals surface area contributed by atoms with E-state index in [0.717, 1.165) is 37.2 Å². The summed E-state index contributed by atoms with van der Waals surface area (Å²) < 4.78 is 10.7. The molecule has 2 aliphatic heterocycles. The van der Waals surface area contributed by atoms with Crippen LogP contribution in [-0.4, -0.2) is 73.1 Å². The fourth-order valence-electron chi connectivity index (χ4n) is 4.40. The first-order chi connectivity index (χ1) is 16.0. The zero-order valence-corrected chi connectivity index (χ0v) is 19.1. The minimum Gasteiger partial charge on any atom is -0.507 e. The number of amides is 1. The molecule has 4 rings (SSSR count). The first kappa shape index (κ1) is 23.0. The summed E-state index contributed by atoms with van der Waals surface area (Å²) in [7, 11) is 1.59. The van der Waals surface area contributed by atoms with Gasteiger partial charge < -0.3 is 19.5 Å². The predicted octanol–water partition coefficient (Wildman–Crippen LogP) is 3.15. The molecular formula is C26H30N2O5. The van der Waals surface area contributed by atoms with Crippen molar-refractivity contribution in [2.75, 3.05) is 46.5 Å². The van der Waals surface area contributed by atoms with Gasteiger partial charge in [0.1, 0.15) is 11.5 Å². The molecule has 2 aliphatic rings. The van der Waals surface area contributed by atoms with E-state index < -0.39 is 17.7 Å². The van der Waals surface area contributed by atoms with Crippen molar-refractivity contribution < 1.29 is 24.2 Å². The molecule has 2 aromatic carbocycles. The molecule has 0 bridgehead atoms. The molecule has 7 nitrogen and oxygen atoms in total. The minimum absolute atomic E-state index is 0.125. The molecule has 0 saturated carbocycles. The fraction of sp³-hybridized carbons (Fsp3) is 0.385. The van der Waals surface area contributed by atoms with Crippen LogP contribution in [0.2, 0.25) is 0 Å². The number of aryl methyl sites for hydroxylation is 1. The van der Waals surface area contributed by atoms with Gasteiger partial charge in [0.15, 0.2) is 0 Å². The van der Waals surface area contributed by atoms with Gasteiger partial charge in [0.2, 0.25) is 0 Å². The minimum atomic E-state index is -0.653. The van der Waals surface area contributed by atoms with E-state index in [9.17, 15) is 14.7 Å². The highest BCUT2D eigenvalue weighted by atomic mass is 16.5. The second-order valence-electron chi connectivity index (χ2n) is 8.44. The van der Waals surface area contributed by atoms with E-state index in [1.165, 1.54) is 0 Å². The Kier molecular flexibility index (Phi) is 7.11. The zero-order valence-electron chi connectivity index (χ0n) is 19.1. The quantitative estimate of drug-likeness (QED) is 0.397. The van der Waals surface area contributed by atoms with E-state index >= 15 is 0 Å². The first-order valence-corrected chi connectivity index (χ1v) is 11.3. The number of morpholine rings is 1. The summed E-state index contributed by atoms with van der Waals surface area (Å²) in [6.45, 7) is 6.36. The molecule has 174 valence electrons. The van der Waals surface area contributed by atoms with Gasteiger partial charge in [-0.1, -0.05) is 42.0 Å². The van der Waals surface area contributed by atoms with Crippen LogP contribution in [0.4, 0.5) is 0 Å². The van der Waals surface area contributed by atoms with Crippen LogP contribution in [0.25, 0.3) is 5.76 Å². The van der Waals surface area contributed by atoms with E-state index in [2.05, 4.69) is 4.90 Å². The largest absolute Gasteiger partial charge is 0.507 e. The summed E-state index contributed by atoms with van der Waals surface area (Å²) in [6.07, 6.45) is 0.726. The van der Waals surface area contributed by atoms with Crippen LogP contribution in [0.15, 0.2) is 54.1 Å². The topological polar surface area (TPSA) is 79.3 Å². The molecule has 1 amide bonds. The van der Waals surface area contributed by atoms with E-state index in [-0.39, 0.29) is 11.3 Å². The van der Waals surface area contributed by atoms with Gasteiger partial charge >= 0.3 is 0 Å². The Bertz CT molecular complexity index is 1020. The van der Waals surface area contributed by atoms with Crippen LogP contribution in [0.5, 0.6) is 5.75 Å². The SMILES string of the molecule is COc1ccc([C@@H]2C(=C(O)c3ccc(C)cc3)C(=O)C(=O)N2CCCN2CCOCC2)cc1. The average molecular weight is 451 g/mol. The fourth-order valence-corrected chi connectivity index (χ4v) is 4.40. The molecule has 1 N–H and O–H groups in total. The van der Waals surface area contributed by atoms with Crippen molar-refractivity contribution in [2.24, 2.45) is 0 Å². The zero-order chi connectivity index (χ0) is 23.4. The third-order valence-corrected chi connectivity index (χ3v) is 6.27. The Morgan fingerprint density at radius 1 is 1.03 bits per heavy atom. The molecule has 2 saturated heterocycles. The Morgan fingerprint density at radius 2 is 1.70 bits per heavy atom.